The number of para-hydroxylation sites is 2. The average molecular weight is 427 g/mol. The molecule has 2 N–H and O–H groups in total. The van der Waals surface area contributed by atoms with Crippen LogP contribution in [0.15, 0.2) is 71.6 Å². The topological polar surface area (TPSA) is 67.4 Å². The van der Waals surface area contributed by atoms with Gasteiger partial charge in [0.1, 0.15) is 5.75 Å². The fourth-order valence-electron chi connectivity index (χ4n) is 2.72. The van der Waals surface area contributed by atoms with E-state index in [-0.39, 0.29) is 11.8 Å². The molecule has 0 unspecified atom stereocenters. The summed E-state index contributed by atoms with van der Waals surface area (Å²) in [7, 11) is 1.52. The monoisotopic (exact) mass is 426 g/mol. The highest BCUT2D eigenvalue weighted by molar-refractivity contribution is 7.98. The maximum absolute atomic E-state index is 12.8. The standard InChI is InChI=1S/C22H19ClN2O3S/c1-28-20-13-14(29-2)11-12-16(20)22(27)24-18-9-5-3-7-15(18)21(26)25-19-10-6-4-8-17(19)23/h3-13H,1-2H3,(H,24,27)(H,25,26). The van der Waals surface area contributed by atoms with Crippen LogP contribution in [0.3, 0.4) is 0 Å². The van der Waals surface area contributed by atoms with Gasteiger partial charge in [-0.15, -0.1) is 11.8 Å². The molecule has 0 saturated heterocycles. The molecule has 0 radical (unpaired) electrons. The number of amides is 2. The summed E-state index contributed by atoms with van der Waals surface area (Å²) in [6.45, 7) is 0. The Hall–Kier alpha value is -2.96. The summed E-state index contributed by atoms with van der Waals surface area (Å²) in [5.41, 5.74) is 1.58. The molecule has 0 heterocycles. The number of carbonyl (C=O) groups excluding carboxylic acids is 2. The van der Waals surface area contributed by atoms with Crippen molar-refractivity contribution in [2.45, 2.75) is 4.90 Å². The van der Waals surface area contributed by atoms with Gasteiger partial charge >= 0.3 is 0 Å². The van der Waals surface area contributed by atoms with E-state index in [0.717, 1.165) is 4.90 Å². The van der Waals surface area contributed by atoms with Crippen molar-refractivity contribution in [1.29, 1.82) is 0 Å². The number of halogens is 1. The van der Waals surface area contributed by atoms with E-state index in [1.807, 2.05) is 12.3 Å². The number of anilines is 2. The molecule has 5 nitrogen and oxygen atoms in total. The summed E-state index contributed by atoms with van der Waals surface area (Å²) in [6, 6.07) is 19.1. The number of rotatable bonds is 6. The van der Waals surface area contributed by atoms with Crippen LogP contribution in [0.25, 0.3) is 0 Å². The van der Waals surface area contributed by atoms with E-state index in [4.69, 9.17) is 16.3 Å². The third kappa shape index (κ3) is 4.91. The molecule has 0 bridgehead atoms. The van der Waals surface area contributed by atoms with Crippen LogP contribution in [0.1, 0.15) is 20.7 Å². The molecular formula is C22H19ClN2O3S. The van der Waals surface area contributed by atoms with Gasteiger partial charge in [0.05, 0.1) is 34.6 Å². The summed E-state index contributed by atoms with van der Waals surface area (Å²) in [5.74, 6) is -0.279. The Balaban J connectivity index is 1.85. The van der Waals surface area contributed by atoms with Gasteiger partial charge in [0, 0.05) is 4.90 Å². The van der Waals surface area contributed by atoms with E-state index in [0.29, 0.717) is 33.3 Å². The first-order valence-corrected chi connectivity index (χ1v) is 10.3. The molecule has 3 aromatic carbocycles. The molecule has 3 rings (SSSR count). The van der Waals surface area contributed by atoms with E-state index in [9.17, 15) is 9.59 Å². The molecule has 2 amide bonds. The Labute approximate surface area is 178 Å². The molecule has 0 aliphatic carbocycles. The van der Waals surface area contributed by atoms with Crippen LogP contribution in [-0.2, 0) is 0 Å². The van der Waals surface area contributed by atoms with Gasteiger partial charge in [0.2, 0.25) is 0 Å². The molecule has 0 fully saturated rings. The first-order chi connectivity index (χ1) is 14.0. The first kappa shape index (κ1) is 20.8. The number of hydrogen-bond donors (Lipinski definition) is 2. The van der Waals surface area contributed by atoms with Crippen molar-refractivity contribution in [3.05, 3.63) is 82.9 Å². The van der Waals surface area contributed by atoms with Crippen LogP contribution in [-0.4, -0.2) is 25.2 Å². The molecule has 7 heteroatoms. The van der Waals surface area contributed by atoms with Crippen molar-refractivity contribution in [2.75, 3.05) is 24.0 Å². The quantitative estimate of drug-likeness (QED) is 0.505. The number of carbonyl (C=O) groups is 2. The molecule has 0 atom stereocenters. The van der Waals surface area contributed by atoms with Crippen LogP contribution in [0.4, 0.5) is 11.4 Å². The molecule has 3 aromatic rings. The lowest BCUT2D eigenvalue weighted by molar-refractivity contribution is 0.102. The Kier molecular flexibility index (Phi) is 6.80. The minimum Gasteiger partial charge on any atom is -0.496 e. The molecule has 0 aliphatic heterocycles. The predicted molar refractivity (Wildman–Crippen MR) is 119 cm³/mol. The lowest BCUT2D eigenvalue weighted by Crippen LogP contribution is -2.18. The minimum atomic E-state index is -0.376. The van der Waals surface area contributed by atoms with E-state index in [2.05, 4.69) is 10.6 Å². The van der Waals surface area contributed by atoms with E-state index < -0.39 is 0 Å². The molecule has 0 aliphatic rings. The first-order valence-electron chi connectivity index (χ1n) is 8.71. The van der Waals surface area contributed by atoms with Gasteiger partial charge in [0.15, 0.2) is 0 Å². The zero-order valence-corrected chi connectivity index (χ0v) is 17.4. The predicted octanol–water partition coefficient (Wildman–Crippen LogP) is 5.58. The SMILES string of the molecule is COc1cc(SC)ccc1C(=O)Nc1ccccc1C(=O)Nc1ccccc1Cl. The van der Waals surface area contributed by atoms with Crippen LogP contribution >= 0.6 is 23.4 Å². The van der Waals surface area contributed by atoms with E-state index in [1.54, 1.807) is 72.4 Å². The molecule has 0 spiro atoms. The van der Waals surface area contributed by atoms with Crippen LogP contribution in [0.2, 0.25) is 5.02 Å². The van der Waals surface area contributed by atoms with Crippen LogP contribution in [0, 0.1) is 0 Å². The lowest BCUT2D eigenvalue weighted by Gasteiger charge is -2.14. The number of nitrogens with one attached hydrogen (secondary N) is 2. The Morgan fingerprint density at radius 3 is 2.17 bits per heavy atom. The highest BCUT2D eigenvalue weighted by Crippen LogP contribution is 2.27. The van der Waals surface area contributed by atoms with Crippen LogP contribution in [0.5, 0.6) is 5.75 Å². The van der Waals surface area contributed by atoms with E-state index >= 15 is 0 Å². The zero-order valence-electron chi connectivity index (χ0n) is 15.9. The van der Waals surface area contributed by atoms with Crippen molar-refractivity contribution in [3.63, 3.8) is 0 Å². The van der Waals surface area contributed by atoms with Gasteiger partial charge < -0.3 is 15.4 Å². The van der Waals surface area contributed by atoms with Crippen molar-refractivity contribution < 1.29 is 14.3 Å². The van der Waals surface area contributed by atoms with Crippen molar-refractivity contribution in [1.82, 2.24) is 0 Å². The second kappa shape index (κ2) is 9.49. The minimum absolute atomic E-state index is 0.320. The van der Waals surface area contributed by atoms with Gasteiger partial charge in [-0.2, -0.15) is 0 Å². The highest BCUT2D eigenvalue weighted by Gasteiger charge is 2.17. The summed E-state index contributed by atoms with van der Waals surface area (Å²) in [5, 5.41) is 6.00. The molecular weight excluding hydrogens is 408 g/mol. The lowest BCUT2D eigenvalue weighted by atomic mass is 10.1. The van der Waals surface area contributed by atoms with E-state index in [1.165, 1.54) is 7.11 Å². The van der Waals surface area contributed by atoms with Crippen molar-refractivity contribution >= 4 is 46.6 Å². The van der Waals surface area contributed by atoms with Gasteiger partial charge in [0.25, 0.3) is 11.8 Å². The maximum Gasteiger partial charge on any atom is 0.259 e. The fourth-order valence-corrected chi connectivity index (χ4v) is 3.33. The largest absolute Gasteiger partial charge is 0.496 e. The molecule has 0 saturated carbocycles. The molecule has 0 aromatic heterocycles. The van der Waals surface area contributed by atoms with Crippen molar-refractivity contribution in [3.8, 4) is 5.75 Å². The Bertz CT molecular complexity index is 1060. The normalized spacial score (nSPS) is 10.3. The summed E-state index contributed by atoms with van der Waals surface area (Å²) in [6.07, 6.45) is 1.95. The fraction of sp³-hybridized carbons (Fsp3) is 0.0909. The highest BCUT2D eigenvalue weighted by atomic mass is 35.5. The number of ether oxygens (including phenoxy) is 1. The smallest absolute Gasteiger partial charge is 0.259 e. The number of hydrogen-bond acceptors (Lipinski definition) is 4. The Morgan fingerprint density at radius 1 is 0.862 bits per heavy atom. The number of methoxy groups -OCH3 is 1. The number of benzene rings is 3. The second-order valence-corrected chi connectivity index (χ2v) is 7.29. The van der Waals surface area contributed by atoms with Crippen LogP contribution < -0.4 is 15.4 Å². The second-order valence-electron chi connectivity index (χ2n) is 6.00. The maximum atomic E-state index is 12.8. The molecule has 148 valence electrons. The average Bonchev–Trinajstić information content (AvgIpc) is 2.75. The third-order valence-electron chi connectivity index (χ3n) is 4.20. The Morgan fingerprint density at radius 2 is 1.48 bits per heavy atom. The zero-order chi connectivity index (χ0) is 20.8. The van der Waals surface area contributed by atoms with Crippen molar-refractivity contribution in [2.24, 2.45) is 0 Å². The third-order valence-corrected chi connectivity index (χ3v) is 5.25. The van der Waals surface area contributed by atoms with Gasteiger partial charge in [-0.25, -0.2) is 0 Å². The molecule has 29 heavy (non-hydrogen) atoms. The summed E-state index contributed by atoms with van der Waals surface area (Å²) >= 11 is 7.67. The van der Waals surface area contributed by atoms with Gasteiger partial charge in [-0.3, -0.25) is 9.59 Å². The summed E-state index contributed by atoms with van der Waals surface area (Å²) < 4.78 is 5.35. The summed E-state index contributed by atoms with van der Waals surface area (Å²) in [4.78, 5) is 26.6. The number of thioether (sulfide) groups is 1. The van der Waals surface area contributed by atoms with Gasteiger partial charge in [-0.05, 0) is 48.7 Å². The van der Waals surface area contributed by atoms with Gasteiger partial charge in [-0.1, -0.05) is 35.9 Å².